The van der Waals surface area contributed by atoms with E-state index in [1.807, 2.05) is 19.1 Å². The minimum Gasteiger partial charge on any atom is -0.495 e. The van der Waals surface area contributed by atoms with Crippen LogP contribution in [0.4, 0.5) is 0 Å². The Hall–Kier alpha value is -2.57. The van der Waals surface area contributed by atoms with E-state index in [-0.39, 0.29) is 0 Å². The van der Waals surface area contributed by atoms with Gasteiger partial charge in [-0.3, -0.25) is 9.97 Å². The predicted octanol–water partition coefficient (Wildman–Crippen LogP) is 4.40. The van der Waals surface area contributed by atoms with Crippen LogP contribution in [0.25, 0.3) is 11.0 Å². The van der Waals surface area contributed by atoms with Crippen LogP contribution in [0.2, 0.25) is 5.02 Å². The Bertz CT molecular complexity index is 993. The van der Waals surface area contributed by atoms with E-state index in [1.54, 1.807) is 19.5 Å². The second-order valence-corrected chi connectivity index (χ2v) is 7.95. The highest BCUT2D eigenvalue weighted by Gasteiger charge is 2.21. The molecule has 2 N–H and O–H groups in total. The Morgan fingerprint density at radius 3 is 2.52 bits per heavy atom. The van der Waals surface area contributed by atoms with Gasteiger partial charge in [-0.2, -0.15) is 0 Å². The molecule has 0 spiro atoms. The maximum atomic E-state index is 6.54. The number of hydrogen-bond acceptors (Lipinski definition) is 6. The second-order valence-electron chi connectivity index (χ2n) is 7.54. The summed E-state index contributed by atoms with van der Waals surface area (Å²) < 4.78 is 5.87. The molecule has 0 aliphatic carbocycles. The van der Waals surface area contributed by atoms with E-state index in [1.165, 1.54) is 5.57 Å². The molecule has 0 atom stereocenters. The average Bonchev–Trinajstić information content (AvgIpc) is 2.81. The van der Waals surface area contributed by atoms with Crippen molar-refractivity contribution >= 4 is 22.6 Å². The highest BCUT2D eigenvalue weighted by Crippen LogP contribution is 2.25. The summed E-state index contributed by atoms with van der Waals surface area (Å²) in [6.07, 6.45) is 8.59. The summed E-state index contributed by atoms with van der Waals surface area (Å²) in [5.41, 5.74) is 5.99. The Labute approximate surface area is 190 Å². The monoisotopic (exact) mass is 441 g/mol. The molecule has 31 heavy (non-hydrogen) atoms. The zero-order valence-corrected chi connectivity index (χ0v) is 19.6. The molecular weight excluding hydrogens is 410 g/mol. The lowest BCUT2D eigenvalue weighted by atomic mass is 10.1. The molecule has 1 aromatic heterocycles. The molecule has 0 unspecified atom stereocenters. The fraction of sp³-hybridized carbons (Fsp3) is 0.417. The van der Waals surface area contributed by atoms with E-state index < -0.39 is 0 Å². The van der Waals surface area contributed by atoms with Crippen LogP contribution < -0.4 is 10.6 Å². The molecule has 3 rings (SSSR count). The third-order valence-electron chi connectivity index (χ3n) is 5.47. The summed E-state index contributed by atoms with van der Waals surface area (Å²) in [5.74, 6) is 0.873. The van der Waals surface area contributed by atoms with Crippen molar-refractivity contribution in [3.05, 3.63) is 70.0 Å². The molecule has 0 amide bonds. The first-order valence-corrected chi connectivity index (χ1v) is 11.2. The molecule has 0 saturated carbocycles. The quantitative estimate of drug-likeness (QED) is 0.467. The molecule has 0 radical (unpaired) electrons. The fourth-order valence-corrected chi connectivity index (χ4v) is 3.80. The topological polar surface area (TPSA) is 62.3 Å². The molecule has 1 aromatic carbocycles. The molecule has 2 heterocycles. The number of aromatic nitrogens is 2. The Morgan fingerprint density at radius 2 is 1.90 bits per heavy atom. The van der Waals surface area contributed by atoms with Crippen molar-refractivity contribution in [3.63, 3.8) is 0 Å². The Morgan fingerprint density at radius 1 is 1.23 bits per heavy atom. The smallest absolute Gasteiger partial charge is 0.144 e. The molecule has 1 aliphatic rings. The van der Waals surface area contributed by atoms with E-state index >= 15 is 0 Å². The number of hydrogen-bond donors (Lipinski definition) is 2. The zero-order valence-electron chi connectivity index (χ0n) is 18.8. The van der Waals surface area contributed by atoms with Crippen LogP contribution >= 0.6 is 11.6 Å². The van der Waals surface area contributed by atoms with Gasteiger partial charge in [0.2, 0.25) is 0 Å². The first-order chi connectivity index (χ1) is 15.1. The van der Waals surface area contributed by atoms with Crippen LogP contribution in [0.3, 0.4) is 0 Å². The van der Waals surface area contributed by atoms with Gasteiger partial charge in [-0.05, 0) is 44.0 Å². The molecule has 2 aromatic rings. The summed E-state index contributed by atoms with van der Waals surface area (Å²) in [5, 5.41) is 7.70. The van der Waals surface area contributed by atoms with Crippen LogP contribution in [-0.2, 0) is 11.3 Å². The number of halogens is 1. The Balaban J connectivity index is 1.93. The van der Waals surface area contributed by atoms with Crippen molar-refractivity contribution in [2.24, 2.45) is 0 Å². The highest BCUT2D eigenvalue weighted by atomic mass is 35.5. The molecule has 166 valence electrons. The third kappa shape index (κ3) is 5.77. The molecular formula is C24H32ClN5O. The van der Waals surface area contributed by atoms with E-state index in [0.29, 0.717) is 11.6 Å². The summed E-state index contributed by atoms with van der Waals surface area (Å²) in [4.78, 5) is 11.1. The van der Waals surface area contributed by atoms with Gasteiger partial charge in [0.05, 0.1) is 23.8 Å². The maximum Gasteiger partial charge on any atom is 0.144 e. The second kappa shape index (κ2) is 11.2. The SMILES string of the molecule is C\C=C(NCc1cc2nccnc2cc1Cl)/C(=C(\C=C(/C)CC)OC)N1CCNCC1. The lowest BCUT2D eigenvalue weighted by molar-refractivity contribution is 0.252. The standard InChI is InChI=1S/C24H32ClN5O/c1-5-17(3)13-23(31-4)24(30-11-9-26-10-12-30)20(6-2)29-16-18-14-21-22(15-19(18)25)28-8-7-27-21/h6-8,13-15,26,29H,5,9-12,16H2,1-4H3/b17-13+,20-6+,24-23-. The van der Waals surface area contributed by atoms with Crippen molar-refractivity contribution in [2.45, 2.75) is 33.7 Å². The number of allylic oxidation sites excluding steroid dienone is 3. The van der Waals surface area contributed by atoms with Gasteiger partial charge in [0.25, 0.3) is 0 Å². The minimum atomic E-state index is 0.577. The van der Waals surface area contributed by atoms with Crippen molar-refractivity contribution in [2.75, 3.05) is 33.3 Å². The average molecular weight is 442 g/mol. The third-order valence-corrected chi connectivity index (χ3v) is 5.82. The number of ether oxygens (including phenoxy) is 1. The zero-order chi connectivity index (χ0) is 22.2. The normalized spacial score (nSPS) is 16.4. The summed E-state index contributed by atoms with van der Waals surface area (Å²) in [7, 11) is 1.74. The van der Waals surface area contributed by atoms with Crippen molar-refractivity contribution in [1.29, 1.82) is 0 Å². The number of nitrogens with one attached hydrogen (secondary N) is 2. The molecule has 0 bridgehead atoms. The van der Waals surface area contributed by atoms with E-state index in [9.17, 15) is 0 Å². The lowest BCUT2D eigenvalue weighted by Gasteiger charge is -2.34. The number of nitrogens with zero attached hydrogens (tertiary/aromatic N) is 3. The summed E-state index contributed by atoms with van der Waals surface area (Å²) in [6, 6.07) is 3.87. The largest absolute Gasteiger partial charge is 0.495 e. The van der Waals surface area contributed by atoms with Gasteiger partial charge >= 0.3 is 0 Å². The summed E-state index contributed by atoms with van der Waals surface area (Å²) in [6.45, 7) is 10.7. The van der Waals surface area contributed by atoms with Crippen LogP contribution in [0.1, 0.15) is 32.8 Å². The molecule has 1 fully saturated rings. The predicted molar refractivity (Wildman–Crippen MR) is 128 cm³/mol. The van der Waals surface area contributed by atoms with Gasteiger partial charge in [0.15, 0.2) is 0 Å². The van der Waals surface area contributed by atoms with Crippen molar-refractivity contribution in [3.8, 4) is 0 Å². The van der Waals surface area contributed by atoms with Crippen LogP contribution in [0.5, 0.6) is 0 Å². The van der Waals surface area contributed by atoms with Crippen LogP contribution in [-0.4, -0.2) is 48.2 Å². The van der Waals surface area contributed by atoms with E-state index in [4.69, 9.17) is 16.3 Å². The fourth-order valence-electron chi connectivity index (χ4n) is 3.57. The van der Waals surface area contributed by atoms with E-state index in [0.717, 1.165) is 66.3 Å². The minimum absolute atomic E-state index is 0.577. The number of piperazine rings is 1. The number of rotatable bonds is 8. The highest BCUT2D eigenvalue weighted by molar-refractivity contribution is 6.32. The van der Waals surface area contributed by atoms with Gasteiger partial charge in [0, 0.05) is 50.1 Å². The molecule has 1 aliphatic heterocycles. The first kappa shape index (κ1) is 23.1. The first-order valence-electron chi connectivity index (χ1n) is 10.8. The number of methoxy groups -OCH3 is 1. The molecule has 1 saturated heterocycles. The molecule has 6 nitrogen and oxygen atoms in total. The Kier molecular flexibility index (Phi) is 8.32. The number of fused-ring (bicyclic) bond motifs is 1. The van der Waals surface area contributed by atoms with Gasteiger partial charge < -0.3 is 20.3 Å². The van der Waals surface area contributed by atoms with Crippen molar-refractivity contribution in [1.82, 2.24) is 25.5 Å². The van der Waals surface area contributed by atoms with Crippen LogP contribution in [0, 0.1) is 0 Å². The van der Waals surface area contributed by atoms with E-state index in [2.05, 4.69) is 51.5 Å². The number of benzene rings is 1. The van der Waals surface area contributed by atoms with Crippen LogP contribution in [0.15, 0.2) is 59.4 Å². The van der Waals surface area contributed by atoms with Gasteiger partial charge in [-0.25, -0.2) is 0 Å². The van der Waals surface area contributed by atoms with Gasteiger partial charge in [0.1, 0.15) is 11.5 Å². The summed E-state index contributed by atoms with van der Waals surface area (Å²) >= 11 is 6.54. The van der Waals surface area contributed by atoms with Gasteiger partial charge in [-0.15, -0.1) is 0 Å². The van der Waals surface area contributed by atoms with Gasteiger partial charge in [-0.1, -0.05) is 30.2 Å². The molecule has 7 heteroatoms. The maximum absolute atomic E-state index is 6.54. The lowest BCUT2D eigenvalue weighted by Crippen LogP contribution is -2.44. The van der Waals surface area contributed by atoms with Crippen molar-refractivity contribution < 1.29 is 4.74 Å².